The summed E-state index contributed by atoms with van der Waals surface area (Å²) in [6.07, 6.45) is 6.00. The van der Waals surface area contributed by atoms with E-state index >= 15 is 0 Å². The van der Waals surface area contributed by atoms with E-state index in [2.05, 4.69) is 24.1 Å². The lowest BCUT2D eigenvalue weighted by Gasteiger charge is -2.35. The SMILES string of the molecule is CCCN(CCC)C1CCc2c(ccc(O)c2NC=O)C1. The monoisotopic (exact) mass is 290 g/mol. The predicted molar refractivity (Wildman–Crippen MR) is 85.8 cm³/mol. The van der Waals surface area contributed by atoms with Gasteiger partial charge in [0.05, 0.1) is 5.69 Å². The molecule has 0 saturated heterocycles. The number of rotatable bonds is 7. The highest BCUT2D eigenvalue weighted by atomic mass is 16.3. The van der Waals surface area contributed by atoms with Crippen LogP contribution in [0.25, 0.3) is 0 Å². The second kappa shape index (κ2) is 7.46. The molecular weight excluding hydrogens is 264 g/mol. The summed E-state index contributed by atoms with van der Waals surface area (Å²) in [5.41, 5.74) is 2.95. The number of benzene rings is 1. The van der Waals surface area contributed by atoms with E-state index in [9.17, 15) is 9.90 Å². The Hall–Kier alpha value is -1.55. The Balaban J connectivity index is 2.20. The lowest BCUT2D eigenvalue weighted by molar-refractivity contribution is -0.105. The van der Waals surface area contributed by atoms with E-state index in [0.29, 0.717) is 18.1 Å². The molecule has 1 aromatic carbocycles. The Morgan fingerprint density at radius 2 is 2.05 bits per heavy atom. The molecule has 1 aliphatic rings. The number of nitrogens with zero attached hydrogens (tertiary/aromatic N) is 1. The van der Waals surface area contributed by atoms with Crippen molar-refractivity contribution in [3.8, 4) is 5.75 Å². The molecular formula is C17H26N2O2. The van der Waals surface area contributed by atoms with E-state index in [1.807, 2.05) is 6.07 Å². The zero-order valence-electron chi connectivity index (χ0n) is 13.1. The number of phenols is 1. The fraction of sp³-hybridized carbons (Fsp3) is 0.588. The van der Waals surface area contributed by atoms with Gasteiger partial charge in [0, 0.05) is 6.04 Å². The van der Waals surface area contributed by atoms with E-state index in [0.717, 1.165) is 37.9 Å². The summed E-state index contributed by atoms with van der Waals surface area (Å²) in [6.45, 7) is 6.74. The van der Waals surface area contributed by atoms with Crippen LogP contribution in [0.4, 0.5) is 5.69 Å². The Kier molecular flexibility index (Phi) is 5.62. The second-order valence-electron chi connectivity index (χ2n) is 5.79. The first-order chi connectivity index (χ1) is 10.2. The Morgan fingerprint density at radius 1 is 1.33 bits per heavy atom. The van der Waals surface area contributed by atoms with Crippen molar-refractivity contribution in [3.63, 3.8) is 0 Å². The summed E-state index contributed by atoms with van der Waals surface area (Å²) in [4.78, 5) is 13.3. The number of phenolic OH excluding ortho intramolecular Hbond substituents is 1. The maximum atomic E-state index is 10.7. The van der Waals surface area contributed by atoms with E-state index < -0.39 is 0 Å². The van der Waals surface area contributed by atoms with Crippen molar-refractivity contribution in [1.82, 2.24) is 4.90 Å². The summed E-state index contributed by atoms with van der Waals surface area (Å²) in [5.74, 6) is 0.165. The molecule has 0 radical (unpaired) electrons. The Labute approximate surface area is 127 Å². The molecule has 2 rings (SSSR count). The minimum absolute atomic E-state index is 0.165. The summed E-state index contributed by atoms with van der Waals surface area (Å²) >= 11 is 0. The smallest absolute Gasteiger partial charge is 0.211 e. The van der Waals surface area contributed by atoms with Crippen LogP contribution in [0, 0.1) is 0 Å². The lowest BCUT2D eigenvalue weighted by Crippen LogP contribution is -2.40. The van der Waals surface area contributed by atoms with Crippen LogP contribution in [-0.2, 0) is 17.6 Å². The average Bonchev–Trinajstić information content (AvgIpc) is 2.49. The summed E-state index contributed by atoms with van der Waals surface area (Å²) in [5, 5.41) is 12.6. The third kappa shape index (κ3) is 3.56. The van der Waals surface area contributed by atoms with Gasteiger partial charge in [-0.15, -0.1) is 0 Å². The van der Waals surface area contributed by atoms with Gasteiger partial charge in [-0.2, -0.15) is 0 Å². The first kappa shape index (κ1) is 15.8. The lowest BCUT2D eigenvalue weighted by atomic mass is 9.86. The van der Waals surface area contributed by atoms with Crippen molar-refractivity contribution in [2.24, 2.45) is 0 Å². The van der Waals surface area contributed by atoms with Crippen LogP contribution < -0.4 is 5.32 Å². The Bertz CT molecular complexity index is 482. The molecule has 1 atom stereocenters. The minimum atomic E-state index is 0.165. The number of nitrogens with one attached hydrogen (secondary N) is 1. The number of hydrogen-bond acceptors (Lipinski definition) is 3. The van der Waals surface area contributed by atoms with Crippen LogP contribution in [0.3, 0.4) is 0 Å². The molecule has 0 fully saturated rings. The highest BCUT2D eigenvalue weighted by Gasteiger charge is 2.25. The van der Waals surface area contributed by atoms with Crippen LogP contribution in [0.5, 0.6) is 5.75 Å². The quantitative estimate of drug-likeness (QED) is 0.599. The summed E-state index contributed by atoms with van der Waals surface area (Å²) in [7, 11) is 0. The fourth-order valence-electron chi connectivity index (χ4n) is 3.41. The van der Waals surface area contributed by atoms with Crippen LogP contribution in [0.2, 0.25) is 0 Å². The van der Waals surface area contributed by atoms with Crippen LogP contribution >= 0.6 is 0 Å². The molecule has 0 aromatic heterocycles. The van der Waals surface area contributed by atoms with Gasteiger partial charge in [0.2, 0.25) is 6.41 Å². The van der Waals surface area contributed by atoms with E-state index in [1.54, 1.807) is 6.07 Å². The van der Waals surface area contributed by atoms with Gasteiger partial charge >= 0.3 is 0 Å². The minimum Gasteiger partial charge on any atom is -0.506 e. The third-order valence-corrected chi connectivity index (χ3v) is 4.31. The van der Waals surface area contributed by atoms with Gasteiger partial charge in [0.15, 0.2) is 0 Å². The van der Waals surface area contributed by atoms with Gasteiger partial charge in [-0.05, 0) is 62.4 Å². The van der Waals surface area contributed by atoms with Crippen LogP contribution in [-0.4, -0.2) is 35.5 Å². The summed E-state index contributed by atoms with van der Waals surface area (Å²) < 4.78 is 0. The van der Waals surface area contributed by atoms with Crippen molar-refractivity contribution in [1.29, 1.82) is 0 Å². The highest BCUT2D eigenvalue weighted by Crippen LogP contribution is 2.35. The normalized spacial score (nSPS) is 17.6. The second-order valence-corrected chi connectivity index (χ2v) is 5.79. The van der Waals surface area contributed by atoms with E-state index in [1.165, 1.54) is 18.4 Å². The van der Waals surface area contributed by atoms with Gasteiger partial charge in [-0.3, -0.25) is 4.79 Å². The largest absolute Gasteiger partial charge is 0.506 e. The first-order valence-electron chi connectivity index (χ1n) is 7.99. The highest BCUT2D eigenvalue weighted by molar-refractivity contribution is 5.78. The standard InChI is InChI=1S/C17H26N2O2/c1-3-9-19(10-4-2)14-6-7-15-13(11-14)5-8-16(21)17(15)18-12-20/h5,8,12,14,21H,3-4,6-7,9-11H2,1-2H3,(H,18,20). The number of amides is 1. The van der Waals surface area contributed by atoms with Gasteiger partial charge in [0.25, 0.3) is 0 Å². The van der Waals surface area contributed by atoms with Crippen molar-refractivity contribution >= 4 is 12.1 Å². The predicted octanol–water partition coefficient (Wildman–Crippen LogP) is 2.94. The van der Waals surface area contributed by atoms with Crippen molar-refractivity contribution in [2.75, 3.05) is 18.4 Å². The molecule has 1 aliphatic carbocycles. The maximum absolute atomic E-state index is 10.7. The maximum Gasteiger partial charge on any atom is 0.211 e. The fourth-order valence-corrected chi connectivity index (χ4v) is 3.41. The van der Waals surface area contributed by atoms with E-state index in [4.69, 9.17) is 0 Å². The zero-order valence-corrected chi connectivity index (χ0v) is 13.1. The molecule has 116 valence electrons. The molecule has 0 bridgehead atoms. The molecule has 0 spiro atoms. The first-order valence-corrected chi connectivity index (χ1v) is 7.99. The van der Waals surface area contributed by atoms with Crippen LogP contribution in [0.1, 0.15) is 44.2 Å². The van der Waals surface area contributed by atoms with Crippen molar-refractivity contribution < 1.29 is 9.90 Å². The van der Waals surface area contributed by atoms with E-state index in [-0.39, 0.29) is 5.75 Å². The number of aromatic hydroxyl groups is 1. The van der Waals surface area contributed by atoms with Crippen molar-refractivity contribution in [3.05, 3.63) is 23.3 Å². The van der Waals surface area contributed by atoms with Gasteiger partial charge in [-0.1, -0.05) is 19.9 Å². The molecule has 0 heterocycles. The molecule has 1 aromatic rings. The Morgan fingerprint density at radius 3 is 2.67 bits per heavy atom. The molecule has 4 nitrogen and oxygen atoms in total. The number of fused-ring (bicyclic) bond motifs is 1. The zero-order chi connectivity index (χ0) is 15.2. The van der Waals surface area contributed by atoms with Crippen LogP contribution in [0.15, 0.2) is 12.1 Å². The molecule has 4 heteroatoms. The summed E-state index contributed by atoms with van der Waals surface area (Å²) in [6, 6.07) is 4.27. The number of carbonyl (C=O) groups is 1. The number of carbonyl (C=O) groups excluding carboxylic acids is 1. The number of anilines is 1. The molecule has 2 N–H and O–H groups in total. The topological polar surface area (TPSA) is 52.6 Å². The third-order valence-electron chi connectivity index (χ3n) is 4.31. The molecule has 21 heavy (non-hydrogen) atoms. The molecule has 0 aliphatic heterocycles. The van der Waals surface area contributed by atoms with Gasteiger partial charge in [-0.25, -0.2) is 0 Å². The molecule has 1 amide bonds. The number of hydrogen-bond donors (Lipinski definition) is 2. The molecule has 0 saturated carbocycles. The molecule has 1 unspecified atom stereocenters. The van der Waals surface area contributed by atoms with Gasteiger partial charge in [0.1, 0.15) is 5.75 Å². The average molecular weight is 290 g/mol. The van der Waals surface area contributed by atoms with Gasteiger partial charge < -0.3 is 15.3 Å². The van der Waals surface area contributed by atoms with Crippen molar-refractivity contribution in [2.45, 2.75) is 52.0 Å².